The predicted molar refractivity (Wildman–Crippen MR) is 60.0 cm³/mol. The van der Waals surface area contributed by atoms with Gasteiger partial charge >= 0.3 is 6.18 Å². The van der Waals surface area contributed by atoms with Crippen LogP contribution in [0.1, 0.15) is 26.2 Å². The normalized spacial score (nSPS) is 23.3. The standard InChI is InChI=1S/C11H19F3N2O2/c1-2-5-15-8-4-3-6-16(10(8)18)7-9(17)11(12,13)14/h8-9,15,17H,2-7H2,1H3. The van der Waals surface area contributed by atoms with Crippen molar-refractivity contribution in [3.8, 4) is 0 Å². The summed E-state index contributed by atoms with van der Waals surface area (Å²) < 4.78 is 36.7. The molecule has 18 heavy (non-hydrogen) atoms. The van der Waals surface area contributed by atoms with E-state index in [0.717, 1.165) is 11.3 Å². The number of aliphatic hydroxyl groups excluding tert-OH is 1. The molecule has 106 valence electrons. The Balaban J connectivity index is 2.53. The number of β-amino-alcohol motifs (C(OH)–C–C–N with tert-alkyl or cyclic N) is 1. The number of alkyl halides is 3. The predicted octanol–water partition coefficient (Wildman–Crippen LogP) is 0.900. The van der Waals surface area contributed by atoms with E-state index in [2.05, 4.69) is 5.32 Å². The molecular weight excluding hydrogens is 249 g/mol. The van der Waals surface area contributed by atoms with E-state index in [1.54, 1.807) is 0 Å². The van der Waals surface area contributed by atoms with E-state index in [1.165, 1.54) is 0 Å². The summed E-state index contributed by atoms with van der Waals surface area (Å²) in [5.74, 6) is -0.349. The summed E-state index contributed by atoms with van der Waals surface area (Å²) in [4.78, 5) is 13.0. The second-order valence-electron chi connectivity index (χ2n) is 4.49. The monoisotopic (exact) mass is 268 g/mol. The third-order valence-corrected chi connectivity index (χ3v) is 2.94. The number of carbonyl (C=O) groups is 1. The Labute approximate surface area is 104 Å². The van der Waals surface area contributed by atoms with Gasteiger partial charge in [0.1, 0.15) is 0 Å². The first-order valence-electron chi connectivity index (χ1n) is 6.13. The van der Waals surface area contributed by atoms with Gasteiger partial charge in [0.2, 0.25) is 5.91 Å². The van der Waals surface area contributed by atoms with E-state index in [-0.39, 0.29) is 12.5 Å². The van der Waals surface area contributed by atoms with Gasteiger partial charge in [-0.15, -0.1) is 0 Å². The number of hydrogen-bond donors (Lipinski definition) is 2. The number of likely N-dealkylation sites (tertiary alicyclic amines) is 1. The Morgan fingerprint density at radius 3 is 2.78 bits per heavy atom. The summed E-state index contributed by atoms with van der Waals surface area (Å²) in [6, 6.07) is -0.417. The van der Waals surface area contributed by atoms with Crippen LogP contribution in [0, 0.1) is 0 Å². The molecule has 0 aliphatic carbocycles. The van der Waals surface area contributed by atoms with Gasteiger partial charge < -0.3 is 15.3 Å². The molecule has 0 saturated carbocycles. The summed E-state index contributed by atoms with van der Waals surface area (Å²) in [5, 5.41) is 12.0. The molecule has 1 rings (SSSR count). The molecule has 0 radical (unpaired) electrons. The molecule has 1 heterocycles. The number of halogens is 3. The van der Waals surface area contributed by atoms with Crippen molar-refractivity contribution in [1.29, 1.82) is 0 Å². The number of carbonyl (C=O) groups excluding carboxylic acids is 1. The van der Waals surface area contributed by atoms with Crippen molar-refractivity contribution in [3.63, 3.8) is 0 Å². The van der Waals surface area contributed by atoms with Gasteiger partial charge in [0, 0.05) is 6.54 Å². The fourth-order valence-corrected chi connectivity index (χ4v) is 1.94. The van der Waals surface area contributed by atoms with Crippen LogP contribution in [0.2, 0.25) is 0 Å². The molecule has 2 atom stereocenters. The lowest BCUT2D eigenvalue weighted by molar-refractivity contribution is -0.209. The van der Waals surface area contributed by atoms with Crippen molar-refractivity contribution >= 4 is 5.91 Å². The second-order valence-corrected chi connectivity index (χ2v) is 4.49. The van der Waals surface area contributed by atoms with Gasteiger partial charge in [0.05, 0.1) is 12.6 Å². The quantitative estimate of drug-likeness (QED) is 0.779. The molecule has 1 saturated heterocycles. The van der Waals surface area contributed by atoms with Gasteiger partial charge in [0.25, 0.3) is 0 Å². The second kappa shape index (κ2) is 6.38. The first kappa shape index (κ1) is 15.2. The summed E-state index contributed by atoms with van der Waals surface area (Å²) in [5.41, 5.74) is 0. The first-order valence-corrected chi connectivity index (χ1v) is 6.13. The maximum atomic E-state index is 12.2. The highest BCUT2D eigenvalue weighted by atomic mass is 19.4. The Morgan fingerprint density at radius 2 is 2.22 bits per heavy atom. The largest absolute Gasteiger partial charge is 0.416 e. The molecule has 2 unspecified atom stereocenters. The Kier molecular flexibility index (Phi) is 5.40. The Bertz CT molecular complexity index is 284. The van der Waals surface area contributed by atoms with Crippen LogP contribution in [0.4, 0.5) is 13.2 Å². The summed E-state index contributed by atoms with van der Waals surface area (Å²) in [6.45, 7) is 2.21. The summed E-state index contributed by atoms with van der Waals surface area (Å²) in [7, 11) is 0. The SMILES string of the molecule is CCCNC1CCCN(CC(O)C(F)(F)F)C1=O. The topological polar surface area (TPSA) is 52.6 Å². The molecule has 4 nitrogen and oxygen atoms in total. The average Bonchev–Trinajstić information content (AvgIpc) is 2.29. The van der Waals surface area contributed by atoms with E-state index in [0.29, 0.717) is 19.4 Å². The molecule has 2 N–H and O–H groups in total. The smallest absolute Gasteiger partial charge is 0.382 e. The highest BCUT2D eigenvalue weighted by Crippen LogP contribution is 2.22. The molecule has 1 aliphatic rings. The Morgan fingerprint density at radius 1 is 1.56 bits per heavy atom. The molecule has 1 aliphatic heterocycles. The fraction of sp³-hybridized carbons (Fsp3) is 0.909. The number of piperidine rings is 1. The zero-order valence-corrected chi connectivity index (χ0v) is 10.3. The van der Waals surface area contributed by atoms with Gasteiger partial charge in [-0.2, -0.15) is 13.2 Å². The molecule has 0 aromatic heterocycles. The van der Waals surface area contributed by atoms with Crippen molar-refractivity contribution in [2.24, 2.45) is 0 Å². The maximum absolute atomic E-state index is 12.2. The lowest BCUT2D eigenvalue weighted by Gasteiger charge is -2.34. The summed E-state index contributed by atoms with van der Waals surface area (Å²) >= 11 is 0. The third-order valence-electron chi connectivity index (χ3n) is 2.94. The molecule has 0 aromatic carbocycles. The van der Waals surface area contributed by atoms with E-state index < -0.39 is 24.9 Å². The van der Waals surface area contributed by atoms with Crippen LogP contribution in [0.3, 0.4) is 0 Å². The highest BCUT2D eigenvalue weighted by molar-refractivity contribution is 5.82. The molecule has 7 heteroatoms. The van der Waals surface area contributed by atoms with Crippen molar-refractivity contribution < 1.29 is 23.1 Å². The first-order chi connectivity index (χ1) is 8.36. The number of nitrogens with one attached hydrogen (secondary N) is 1. The third kappa shape index (κ3) is 4.13. The van der Waals surface area contributed by atoms with Crippen LogP contribution in [-0.4, -0.2) is 53.9 Å². The minimum absolute atomic E-state index is 0.274. The zero-order valence-electron chi connectivity index (χ0n) is 10.3. The Hall–Kier alpha value is -0.820. The van der Waals surface area contributed by atoms with Gasteiger partial charge in [-0.1, -0.05) is 6.92 Å². The highest BCUT2D eigenvalue weighted by Gasteiger charge is 2.41. The molecule has 0 aromatic rings. The minimum atomic E-state index is -4.68. The van der Waals surface area contributed by atoms with E-state index in [9.17, 15) is 18.0 Å². The van der Waals surface area contributed by atoms with Gasteiger partial charge in [-0.3, -0.25) is 4.79 Å². The number of nitrogens with zero attached hydrogens (tertiary/aromatic N) is 1. The lowest BCUT2D eigenvalue weighted by atomic mass is 10.0. The van der Waals surface area contributed by atoms with Crippen LogP contribution >= 0.6 is 0 Å². The molecule has 0 bridgehead atoms. The molecule has 1 amide bonds. The molecule has 0 spiro atoms. The van der Waals surface area contributed by atoms with Crippen LogP contribution < -0.4 is 5.32 Å². The van der Waals surface area contributed by atoms with Crippen molar-refractivity contribution in [1.82, 2.24) is 10.2 Å². The zero-order chi connectivity index (χ0) is 13.8. The maximum Gasteiger partial charge on any atom is 0.416 e. The van der Waals surface area contributed by atoms with Crippen molar-refractivity contribution in [3.05, 3.63) is 0 Å². The van der Waals surface area contributed by atoms with E-state index >= 15 is 0 Å². The van der Waals surface area contributed by atoms with Crippen LogP contribution in [-0.2, 0) is 4.79 Å². The van der Waals surface area contributed by atoms with Crippen molar-refractivity contribution in [2.45, 2.75) is 44.5 Å². The number of rotatable bonds is 5. The number of aliphatic hydroxyl groups is 1. The lowest BCUT2D eigenvalue weighted by Crippen LogP contribution is -2.54. The van der Waals surface area contributed by atoms with Gasteiger partial charge in [-0.05, 0) is 25.8 Å². The number of amides is 1. The van der Waals surface area contributed by atoms with Crippen molar-refractivity contribution in [2.75, 3.05) is 19.6 Å². The van der Waals surface area contributed by atoms with Gasteiger partial charge in [-0.25, -0.2) is 0 Å². The van der Waals surface area contributed by atoms with E-state index in [1.807, 2.05) is 6.92 Å². The summed E-state index contributed by atoms with van der Waals surface area (Å²) in [6.07, 6.45) is -5.00. The molecular formula is C11H19F3N2O2. The molecule has 1 fully saturated rings. The fourth-order valence-electron chi connectivity index (χ4n) is 1.94. The van der Waals surface area contributed by atoms with Crippen LogP contribution in [0.25, 0.3) is 0 Å². The van der Waals surface area contributed by atoms with Crippen LogP contribution in [0.15, 0.2) is 0 Å². The van der Waals surface area contributed by atoms with Crippen LogP contribution in [0.5, 0.6) is 0 Å². The van der Waals surface area contributed by atoms with Gasteiger partial charge in [0.15, 0.2) is 6.10 Å². The number of hydrogen-bond acceptors (Lipinski definition) is 3. The van der Waals surface area contributed by atoms with E-state index in [4.69, 9.17) is 5.11 Å². The minimum Gasteiger partial charge on any atom is -0.382 e. The average molecular weight is 268 g/mol.